The lowest BCUT2D eigenvalue weighted by Gasteiger charge is -2.11. The first-order chi connectivity index (χ1) is 9.02. The van der Waals surface area contributed by atoms with E-state index in [-0.39, 0.29) is 18.6 Å². The lowest BCUT2D eigenvalue weighted by atomic mass is 10.2. The van der Waals surface area contributed by atoms with Gasteiger partial charge in [-0.3, -0.25) is 4.79 Å². The average Bonchev–Trinajstić information content (AvgIpc) is 2.34. The minimum absolute atomic E-state index is 0.0234. The van der Waals surface area contributed by atoms with E-state index in [1.165, 1.54) is 0 Å². The number of nitrogens with one attached hydrogen (secondary N) is 2. The van der Waals surface area contributed by atoms with Crippen molar-refractivity contribution in [2.24, 2.45) is 0 Å². The van der Waals surface area contributed by atoms with Gasteiger partial charge in [0.15, 0.2) is 6.61 Å². The van der Waals surface area contributed by atoms with Gasteiger partial charge in [-0.25, -0.2) is 0 Å². The molecule has 0 radical (unpaired) electrons. The molecule has 1 amide bonds. The van der Waals surface area contributed by atoms with Crippen molar-refractivity contribution in [1.29, 1.82) is 0 Å². The summed E-state index contributed by atoms with van der Waals surface area (Å²) in [4.78, 5) is 11.5. The molecule has 1 aromatic rings. The molecule has 0 aliphatic rings. The number of carbonyl (C=O) groups excluding carboxylic acids is 1. The van der Waals surface area contributed by atoms with Crippen LogP contribution in [0.25, 0.3) is 0 Å². The largest absolute Gasteiger partial charge is 0.482 e. The van der Waals surface area contributed by atoms with Crippen molar-refractivity contribution in [3.63, 3.8) is 0 Å². The normalized spacial score (nSPS) is 10.6. The van der Waals surface area contributed by atoms with Crippen LogP contribution in [-0.2, 0) is 11.3 Å². The van der Waals surface area contributed by atoms with E-state index < -0.39 is 0 Å². The van der Waals surface area contributed by atoms with Gasteiger partial charge in [0.25, 0.3) is 5.91 Å². The van der Waals surface area contributed by atoms with E-state index in [1.807, 2.05) is 32.9 Å². The first-order valence-corrected chi connectivity index (χ1v) is 6.82. The van der Waals surface area contributed by atoms with Gasteiger partial charge in [0, 0.05) is 12.6 Å². The Hall–Kier alpha value is -1.26. The molecule has 0 atom stereocenters. The molecule has 0 saturated heterocycles. The molecular formula is C14H21ClN2O2. The third-order valence-corrected chi connectivity index (χ3v) is 2.68. The van der Waals surface area contributed by atoms with E-state index in [4.69, 9.17) is 16.3 Å². The first kappa shape index (κ1) is 15.8. The third kappa shape index (κ3) is 5.94. The molecule has 0 aliphatic carbocycles. The number of hydrogen-bond acceptors (Lipinski definition) is 3. The minimum Gasteiger partial charge on any atom is -0.482 e. The molecule has 1 aromatic carbocycles. The number of amides is 1. The van der Waals surface area contributed by atoms with Gasteiger partial charge < -0.3 is 15.4 Å². The molecule has 0 spiro atoms. The molecule has 0 aromatic heterocycles. The van der Waals surface area contributed by atoms with Gasteiger partial charge in [-0.2, -0.15) is 0 Å². The van der Waals surface area contributed by atoms with E-state index in [2.05, 4.69) is 10.6 Å². The maximum atomic E-state index is 11.5. The Kier molecular flexibility index (Phi) is 6.67. The smallest absolute Gasteiger partial charge is 0.258 e. The van der Waals surface area contributed by atoms with E-state index in [1.54, 1.807) is 6.07 Å². The van der Waals surface area contributed by atoms with Gasteiger partial charge in [-0.15, -0.1) is 0 Å². The predicted molar refractivity (Wildman–Crippen MR) is 77.6 cm³/mol. The maximum absolute atomic E-state index is 11.5. The van der Waals surface area contributed by atoms with E-state index in [0.717, 1.165) is 18.7 Å². The number of ether oxygens (including phenoxy) is 1. The SMILES string of the molecule is CCNCc1ccc(OCC(=O)NC(C)C)c(Cl)c1. The molecule has 0 bridgehead atoms. The second-order valence-corrected chi connectivity index (χ2v) is 4.96. The van der Waals surface area contributed by atoms with Crippen LogP contribution >= 0.6 is 11.6 Å². The molecule has 5 heteroatoms. The highest BCUT2D eigenvalue weighted by Crippen LogP contribution is 2.25. The molecule has 2 N–H and O–H groups in total. The van der Waals surface area contributed by atoms with Gasteiger partial charge in [0.1, 0.15) is 5.75 Å². The maximum Gasteiger partial charge on any atom is 0.258 e. The van der Waals surface area contributed by atoms with Crippen molar-refractivity contribution in [2.75, 3.05) is 13.2 Å². The fourth-order valence-corrected chi connectivity index (χ4v) is 1.81. The van der Waals surface area contributed by atoms with Gasteiger partial charge in [-0.1, -0.05) is 24.6 Å². The summed E-state index contributed by atoms with van der Waals surface area (Å²) in [7, 11) is 0. The minimum atomic E-state index is -0.150. The summed E-state index contributed by atoms with van der Waals surface area (Å²) in [6, 6.07) is 5.68. The van der Waals surface area contributed by atoms with Crippen molar-refractivity contribution in [2.45, 2.75) is 33.4 Å². The average molecular weight is 285 g/mol. The number of rotatable bonds is 7. The summed E-state index contributed by atoms with van der Waals surface area (Å²) in [5.74, 6) is 0.378. The zero-order chi connectivity index (χ0) is 14.3. The molecule has 19 heavy (non-hydrogen) atoms. The standard InChI is InChI=1S/C14H21ClN2O2/c1-4-16-8-11-5-6-13(12(15)7-11)19-9-14(18)17-10(2)3/h5-7,10,16H,4,8-9H2,1-3H3,(H,17,18). The van der Waals surface area contributed by atoms with E-state index in [9.17, 15) is 4.79 Å². The molecule has 4 nitrogen and oxygen atoms in total. The summed E-state index contributed by atoms with van der Waals surface area (Å²) in [6.45, 7) is 7.51. The molecule has 0 heterocycles. The van der Waals surface area contributed by atoms with E-state index in [0.29, 0.717) is 10.8 Å². The summed E-state index contributed by atoms with van der Waals surface area (Å²) >= 11 is 6.11. The first-order valence-electron chi connectivity index (χ1n) is 6.44. The topological polar surface area (TPSA) is 50.4 Å². The monoisotopic (exact) mass is 284 g/mol. The molecule has 0 saturated carbocycles. The lowest BCUT2D eigenvalue weighted by Crippen LogP contribution is -2.34. The van der Waals surface area contributed by atoms with E-state index >= 15 is 0 Å². The quantitative estimate of drug-likeness (QED) is 0.808. The number of halogens is 1. The van der Waals surface area contributed by atoms with Crippen LogP contribution in [0.1, 0.15) is 26.3 Å². The van der Waals surface area contributed by atoms with Crippen LogP contribution in [0, 0.1) is 0 Å². The predicted octanol–water partition coefficient (Wildman–Crippen LogP) is 2.35. The van der Waals surface area contributed by atoms with Crippen LogP contribution in [0.4, 0.5) is 0 Å². The number of carbonyl (C=O) groups is 1. The highest BCUT2D eigenvalue weighted by Gasteiger charge is 2.07. The Labute approximate surface area is 119 Å². The number of hydrogen-bond donors (Lipinski definition) is 2. The zero-order valence-corrected chi connectivity index (χ0v) is 12.4. The zero-order valence-electron chi connectivity index (χ0n) is 11.6. The van der Waals surface area contributed by atoms with Crippen LogP contribution in [0.15, 0.2) is 18.2 Å². The Balaban J connectivity index is 2.52. The van der Waals surface area contributed by atoms with Gasteiger partial charge in [0.2, 0.25) is 0 Å². The Morgan fingerprint density at radius 1 is 1.42 bits per heavy atom. The van der Waals surface area contributed by atoms with Crippen LogP contribution in [0.5, 0.6) is 5.75 Å². The Morgan fingerprint density at radius 2 is 2.16 bits per heavy atom. The summed E-state index contributed by atoms with van der Waals surface area (Å²) in [6.07, 6.45) is 0. The second kappa shape index (κ2) is 8.02. The third-order valence-electron chi connectivity index (χ3n) is 2.38. The van der Waals surface area contributed by atoms with Gasteiger partial charge in [-0.05, 0) is 38.1 Å². The van der Waals surface area contributed by atoms with Crippen LogP contribution in [0.3, 0.4) is 0 Å². The summed E-state index contributed by atoms with van der Waals surface area (Å²) in [5, 5.41) is 6.50. The highest BCUT2D eigenvalue weighted by atomic mass is 35.5. The second-order valence-electron chi connectivity index (χ2n) is 4.56. The molecule has 106 valence electrons. The molecule has 0 unspecified atom stereocenters. The molecule has 0 fully saturated rings. The van der Waals surface area contributed by atoms with Crippen LogP contribution in [-0.4, -0.2) is 25.1 Å². The molecular weight excluding hydrogens is 264 g/mol. The van der Waals surface area contributed by atoms with Crippen LogP contribution in [0.2, 0.25) is 5.02 Å². The summed E-state index contributed by atoms with van der Waals surface area (Å²) in [5.41, 5.74) is 1.09. The highest BCUT2D eigenvalue weighted by molar-refractivity contribution is 6.32. The van der Waals surface area contributed by atoms with Crippen molar-refractivity contribution in [1.82, 2.24) is 10.6 Å². The fraction of sp³-hybridized carbons (Fsp3) is 0.500. The van der Waals surface area contributed by atoms with Crippen molar-refractivity contribution in [3.8, 4) is 5.75 Å². The van der Waals surface area contributed by atoms with Crippen molar-refractivity contribution >= 4 is 17.5 Å². The lowest BCUT2D eigenvalue weighted by molar-refractivity contribution is -0.123. The summed E-state index contributed by atoms with van der Waals surface area (Å²) < 4.78 is 5.39. The Morgan fingerprint density at radius 3 is 2.74 bits per heavy atom. The van der Waals surface area contributed by atoms with Crippen LogP contribution < -0.4 is 15.4 Å². The van der Waals surface area contributed by atoms with Gasteiger partial charge in [0.05, 0.1) is 5.02 Å². The van der Waals surface area contributed by atoms with Crippen molar-refractivity contribution < 1.29 is 9.53 Å². The molecule has 1 rings (SSSR count). The Bertz CT molecular complexity index is 422. The molecule has 0 aliphatic heterocycles. The van der Waals surface area contributed by atoms with Gasteiger partial charge >= 0.3 is 0 Å². The number of benzene rings is 1. The fourth-order valence-electron chi connectivity index (χ4n) is 1.55. The van der Waals surface area contributed by atoms with Crippen molar-refractivity contribution in [3.05, 3.63) is 28.8 Å².